The van der Waals surface area contributed by atoms with E-state index in [-0.39, 0.29) is 5.02 Å². The third-order valence-corrected chi connectivity index (χ3v) is 3.36. The molecule has 90 valence electrons. The van der Waals surface area contributed by atoms with Crippen LogP contribution in [0.5, 0.6) is 0 Å². The van der Waals surface area contributed by atoms with Gasteiger partial charge in [-0.25, -0.2) is 4.39 Å². The van der Waals surface area contributed by atoms with E-state index in [1.165, 1.54) is 6.07 Å². The van der Waals surface area contributed by atoms with E-state index < -0.39 is 11.9 Å². The quantitative estimate of drug-likeness (QED) is 0.792. The maximum Gasteiger partial charge on any atom is 0.145 e. The number of aliphatic hydroxyl groups excluding tert-OH is 1. The molecule has 16 heavy (non-hydrogen) atoms. The van der Waals surface area contributed by atoms with Gasteiger partial charge < -0.3 is 5.11 Å². The van der Waals surface area contributed by atoms with E-state index in [1.54, 1.807) is 23.9 Å². The molecule has 4 heteroatoms. The third kappa shape index (κ3) is 4.32. The maximum atomic E-state index is 13.5. The van der Waals surface area contributed by atoms with Crippen molar-refractivity contribution in [2.24, 2.45) is 0 Å². The van der Waals surface area contributed by atoms with Gasteiger partial charge in [0.25, 0.3) is 0 Å². The number of halogens is 2. The lowest BCUT2D eigenvalue weighted by molar-refractivity contribution is 0.163. The van der Waals surface area contributed by atoms with E-state index in [1.807, 2.05) is 6.26 Å². The summed E-state index contributed by atoms with van der Waals surface area (Å²) >= 11 is 7.41. The van der Waals surface area contributed by atoms with Crippen molar-refractivity contribution in [3.8, 4) is 0 Å². The van der Waals surface area contributed by atoms with Crippen molar-refractivity contribution in [3.63, 3.8) is 0 Å². The zero-order chi connectivity index (χ0) is 12.0. The summed E-state index contributed by atoms with van der Waals surface area (Å²) in [5.41, 5.74) is 0.490. The first-order chi connectivity index (χ1) is 7.65. The Morgan fingerprint density at radius 3 is 2.94 bits per heavy atom. The molecule has 1 nitrogen and oxygen atoms in total. The van der Waals surface area contributed by atoms with Crippen LogP contribution >= 0.6 is 23.4 Å². The maximum absolute atomic E-state index is 13.5. The van der Waals surface area contributed by atoms with Crippen LogP contribution in [0.25, 0.3) is 0 Å². The number of hydrogen-bond acceptors (Lipinski definition) is 2. The molecule has 1 aromatic carbocycles. The Bertz CT molecular complexity index is 333. The van der Waals surface area contributed by atoms with Crippen LogP contribution in [-0.2, 0) is 6.42 Å². The molecule has 1 unspecified atom stereocenters. The number of hydrogen-bond donors (Lipinski definition) is 1. The predicted octanol–water partition coefficient (Wildman–Crippen LogP) is 3.53. The summed E-state index contributed by atoms with van der Waals surface area (Å²) in [6.45, 7) is 0. The summed E-state index contributed by atoms with van der Waals surface area (Å²) in [6, 6.07) is 4.88. The molecule has 0 aliphatic heterocycles. The second-order valence-electron chi connectivity index (χ2n) is 3.71. The van der Waals surface area contributed by atoms with E-state index in [0.29, 0.717) is 18.4 Å². The van der Waals surface area contributed by atoms with Gasteiger partial charge in [-0.2, -0.15) is 11.8 Å². The molecule has 1 rings (SSSR count). The van der Waals surface area contributed by atoms with Gasteiger partial charge in [-0.05, 0) is 36.5 Å². The van der Waals surface area contributed by atoms with E-state index in [4.69, 9.17) is 11.6 Å². The van der Waals surface area contributed by atoms with Crippen molar-refractivity contribution < 1.29 is 9.50 Å². The van der Waals surface area contributed by atoms with Gasteiger partial charge in [0.15, 0.2) is 0 Å². The normalized spacial score (nSPS) is 12.8. The number of aliphatic hydroxyl groups is 1. The molecule has 1 atom stereocenters. The summed E-state index contributed by atoms with van der Waals surface area (Å²) < 4.78 is 13.5. The van der Waals surface area contributed by atoms with Gasteiger partial charge in [0.05, 0.1) is 11.1 Å². The smallest absolute Gasteiger partial charge is 0.145 e. The van der Waals surface area contributed by atoms with Crippen LogP contribution < -0.4 is 0 Å². The highest BCUT2D eigenvalue weighted by molar-refractivity contribution is 7.98. The van der Waals surface area contributed by atoms with Gasteiger partial charge in [-0.3, -0.25) is 0 Å². The Kier molecular flexibility index (Phi) is 6.17. The summed E-state index contributed by atoms with van der Waals surface area (Å²) in [6.07, 6.45) is 3.53. The van der Waals surface area contributed by atoms with Crippen molar-refractivity contribution >= 4 is 23.4 Å². The first-order valence-corrected chi connectivity index (χ1v) is 7.02. The second kappa shape index (κ2) is 7.15. The minimum atomic E-state index is -0.486. The molecule has 0 heterocycles. The highest BCUT2D eigenvalue weighted by Gasteiger charge is 2.11. The van der Waals surface area contributed by atoms with E-state index in [2.05, 4.69) is 0 Å². The fourth-order valence-electron chi connectivity index (χ4n) is 1.53. The van der Waals surface area contributed by atoms with Crippen molar-refractivity contribution in [2.45, 2.75) is 25.4 Å². The molecular formula is C12H16ClFOS. The molecule has 0 aliphatic rings. The average Bonchev–Trinajstić information content (AvgIpc) is 2.25. The average molecular weight is 263 g/mol. The Labute approximate surface area is 105 Å². The lowest BCUT2D eigenvalue weighted by Gasteiger charge is -2.11. The Hall–Kier alpha value is -0.250. The van der Waals surface area contributed by atoms with Gasteiger partial charge in [0.1, 0.15) is 5.82 Å². The molecule has 1 N–H and O–H groups in total. The largest absolute Gasteiger partial charge is 0.393 e. The van der Waals surface area contributed by atoms with Crippen LogP contribution in [0.15, 0.2) is 18.2 Å². The molecular weight excluding hydrogens is 247 g/mol. The standard InChI is InChI=1S/C12H16ClFOS/c1-16-7-3-5-10(15)8-9-4-2-6-11(13)12(9)14/h2,4,6,10,15H,3,5,7-8H2,1H3. The molecule has 0 fully saturated rings. The Morgan fingerprint density at radius 2 is 2.25 bits per heavy atom. The molecule has 0 radical (unpaired) electrons. The van der Waals surface area contributed by atoms with Gasteiger partial charge in [0, 0.05) is 6.42 Å². The first kappa shape index (κ1) is 13.8. The van der Waals surface area contributed by atoms with Crippen LogP contribution in [0.2, 0.25) is 5.02 Å². The summed E-state index contributed by atoms with van der Waals surface area (Å²) in [5.74, 6) is 0.614. The molecule has 0 aromatic heterocycles. The van der Waals surface area contributed by atoms with Gasteiger partial charge in [0.2, 0.25) is 0 Å². The SMILES string of the molecule is CSCCCC(O)Cc1cccc(Cl)c1F. The summed E-state index contributed by atoms with van der Waals surface area (Å²) in [4.78, 5) is 0. The fourth-order valence-corrected chi connectivity index (χ4v) is 2.17. The topological polar surface area (TPSA) is 20.2 Å². The second-order valence-corrected chi connectivity index (χ2v) is 5.10. The van der Waals surface area contributed by atoms with E-state index in [0.717, 1.165) is 12.2 Å². The molecule has 0 aliphatic carbocycles. The predicted molar refractivity (Wildman–Crippen MR) is 68.7 cm³/mol. The molecule has 0 spiro atoms. The van der Waals surface area contributed by atoms with Crippen molar-refractivity contribution in [1.29, 1.82) is 0 Å². The Balaban J connectivity index is 2.49. The van der Waals surface area contributed by atoms with E-state index >= 15 is 0 Å². The highest BCUT2D eigenvalue weighted by atomic mass is 35.5. The third-order valence-electron chi connectivity index (χ3n) is 2.37. The first-order valence-electron chi connectivity index (χ1n) is 5.25. The van der Waals surface area contributed by atoms with Crippen LogP contribution in [0, 0.1) is 5.82 Å². The number of benzene rings is 1. The highest BCUT2D eigenvalue weighted by Crippen LogP contribution is 2.20. The number of rotatable bonds is 6. The minimum Gasteiger partial charge on any atom is -0.393 e. The van der Waals surface area contributed by atoms with Gasteiger partial charge in [-0.1, -0.05) is 23.7 Å². The van der Waals surface area contributed by atoms with Crippen LogP contribution in [-0.4, -0.2) is 23.2 Å². The zero-order valence-corrected chi connectivity index (χ0v) is 10.8. The van der Waals surface area contributed by atoms with Gasteiger partial charge in [-0.15, -0.1) is 0 Å². The lowest BCUT2D eigenvalue weighted by Crippen LogP contribution is -2.12. The molecule has 0 amide bonds. The van der Waals surface area contributed by atoms with Crippen molar-refractivity contribution in [1.82, 2.24) is 0 Å². The summed E-state index contributed by atoms with van der Waals surface area (Å²) in [7, 11) is 0. The van der Waals surface area contributed by atoms with Crippen LogP contribution in [0.1, 0.15) is 18.4 Å². The Morgan fingerprint density at radius 1 is 1.50 bits per heavy atom. The summed E-state index contributed by atoms with van der Waals surface area (Å²) in [5, 5.41) is 9.84. The van der Waals surface area contributed by atoms with Crippen molar-refractivity contribution in [3.05, 3.63) is 34.6 Å². The fraction of sp³-hybridized carbons (Fsp3) is 0.500. The monoisotopic (exact) mass is 262 g/mol. The van der Waals surface area contributed by atoms with Crippen LogP contribution in [0.4, 0.5) is 4.39 Å². The molecule has 0 bridgehead atoms. The zero-order valence-electron chi connectivity index (χ0n) is 9.25. The molecule has 0 saturated heterocycles. The molecule has 1 aromatic rings. The van der Waals surface area contributed by atoms with Crippen molar-refractivity contribution in [2.75, 3.05) is 12.0 Å². The lowest BCUT2D eigenvalue weighted by atomic mass is 10.0. The van der Waals surface area contributed by atoms with Crippen LogP contribution in [0.3, 0.4) is 0 Å². The molecule has 0 saturated carbocycles. The minimum absolute atomic E-state index is 0.119. The number of thioether (sulfide) groups is 1. The van der Waals surface area contributed by atoms with Gasteiger partial charge >= 0.3 is 0 Å². The van der Waals surface area contributed by atoms with E-state index in [9.17, 15) is 9.50 Å².